The van der Waals surface area contributed by atoms with Crippen LogP contribution in [0.1, 0.15) is 60.9 Å². The topological polar surface area (TPSA) is 58.1 Å². The molecule has 22 heavy (non-hydrogen) atoms. The van der Waals surface area contributed by atoms with Crippen LogP contribution in [0, 0.1) is 12.8 Å². The van der Waals surface area contributed by atoms with E-state index in [2.05, 4.69) is 41.1 Å². The maximum Gasteiger partial charge on any atom is 0.254 e. The van der Waals surface area contributed by atoms with Crippen LogP contribution in [0.25, 0.3) is 0 Å². The third-order valence-electron chi connectivity index (χ3n) is 4.32. The first kappa shape index (κ1) is 16.9. The molecule has 1 atom stereocenters. The third-order valence-corrected chi connectivity index (χ3v) is 4.32. The van der Waals surface area contributed by atoms with Crippen molar-refractivity contribution in [1.29, 1.82) is 0 Å². The Kier molecular flexibility index (Phi) is 5.89. The second-order valence-corrected chi connectivity index (χ2v) is 6.70. The van der Waals surface area contributed by atoms with Gasteiger partial charge in [0.05, 0.1) is 11.3 Å². The number of nitrogens with zero attached hydrogens (tertiary/aromatic N) is 3. The van der Waals surface area contributed by atoms with Gasteiger partial charge in [0, 0.05) is 25.2 Å². The summed E-state index contributed by atoms with van der Waals surface area (Å²) in [6.07, 6.45) is 5.23. The van der Waals surface area contributed by atoms with E-state index < -0.39 is 0 Å². The van der Waals surface area contributed by atoms with Crippen molar-refractivity contribution in [3.8, 4) is 0 Å². The van der Waals surface area contributed by atoms with Crippen LogP contribution < -0.4 is 5.32 Å². The molecule has 1 saturated heterocycles. The van der Waals surface area contributed by atoms with Crippen LogP contribution >= 0.6 is 0 Å². The minimum Gasteiger partial charge on any atom is -0.352 e. The first-order valence-corrected chi connectivity index (χ1v) is 8.27. The van der Waals surface area contributed by atoms with Gasteiger partial charge in [-0.2, -0.15) is 0 Å². The van der Waals surface area contributed by atoms with E-state index in [1.807, 2.05) is 6.92 Å². The largest absolute Gasteiger partial charge is 0.352 e. The lowest BCUT2D eigenvalue weighted by Crippen LogP contribution is -2.34. The normalized spacial score (nSPS) is 19.4. The standard InChI is InChI=1S/C17H28N4O/c1-12(2)16-19-10-15(13(3)20-16)17(22)18-8-7-14-6-5-9-21(4)11-14/h10,12,14H,5-9,11H2,1-4H3,(H,18,22). The summed E-state index contributed by atoms with van der Waals surface area (Å²) in [4.78, 5) is 23.3. The summed E-state index contributed by atoms with van der Waals surface area (Å²) in [5, 5.41) is 3.01. The zero-order valence-electron chi connectivity index (χ0n) is 14.2. The predicted octanol–water partition coefficient (Wildman–Crippen LogP) is 2.37. The molecule has 1 N–H and O–H groups in total. The van der Waals surface area contributed by atoms with E-state index in [0.717, 1.165) is 31.0 Å². The molecule has 0 aromatic carbocycles. The molecule has 0 radical (unpaired) electrons. The molecule has 122 valence electrons. The average Bonchev–Trinajstić information content (AvgIpc) is 2.47. The van der Waals surface area contributed by atoms with Gasteiger partial charge >= 0.3 is 0 Å². The van der Waals surface area contributed by atoms with Gasteiger partial charge in [-0.05, 0) is 45.7 Å². The molecule has 0 saturated carbocycles. The van der Waals surface area contributed by atoms with Crippen LogP contribution in [-0.2, 0) is 0 Å². The molecule has 0 aliphatic carbocycles. The van der Waals surface area contributed by atoms with Crippen LogP contribution in [0.5, 0.6) is 0 Å². The van der Waals surface area contributed by atoms with E-state index >= 15 is 0 Å². The summed E-state index contributed by atoms with van der Waals surface area (Å²) in [6.45, 7) is 9.04. The fourth-order valence-electron chi connectivity index (χ4n) is 2.98. The number of amides is 1. The summed E-state index contributed by atoms with van der Waals surface area (Å²) in [5.74, 6) is 1.70. The lowest BCUT2D eigenvalue weighted by atomic mass is 9.95. The van der Waals surface area contributed by atoms with Crippen LogP contribution in [-0.4, -0.2) is 47.5 Å². The highest BCUT2D eigenvalue weighted by Crippen LogP contribution is 2.18. The second-order valence-electron chi connectivity index (χ2n) is 6.70. The lowest BCUT2D eigenvalue weighted by molar-refractivity contribution is 0.0947. The Hall–Kier alpha value is -1.49. The number of carbonyl (C=O) groups is 1. The third kappa shape index (κ3) is 4.50. The molecule has 2 heterocycles. The Morgan fingerprint density at radius 1 is 1.50 bits per heavy atom. The van der Waals surface area contributed by atoms with Crippen LogP contribution in [0.15, 0.2) is 6.20 Å². The van der Waals surface area contributed by atoms with Gasteiger partial charge in [0.1, 0.15) is 5.82 Å². The van der Waals surface area contributed by atoms with Crippen molar-refractivity contribution in [2.75, 3.05) is 26.7 Å². The molecule has 1 unspecified atom stereocenters. The number of carbonyl (C=O) groups excluding carboxylic acids is 1. The predicted molar refractivity (Wildman–Crippen MR) is 88.0 cm³/mol. The summed E-state index contributed by atoms with van der Waals surface area (Å²) < 4.78 is 0. The summed E-state index contributed by atoms with van der Waals surface area (Å²) >= 11 is 0. The van der Waals surface area contributed by atoms with E-state index in [1.165, 1.54) is 19.4 Å². The quantitative estimate of drug-likeness (QED) is 0.907. The molecule has 5 heteroatoms. The van der Waals surface area contributed by atoms with Crippen LogP contribution in [0.3, 0.4) is 0 Å². The van der Waals surface area contributed by atoms with Crippen molar-refractivity contribution >= 4 is 5.91 Å². The van der Waals surface area contributed by atoms with E-state index in [9.17, 15) is 4.79 Å². The molecule has 2 rings (SSSR count). The number of likely N-dealkylation sites (tertiary alicyclic amines) is 1. The average molecular weight is 304 g/mol. The Bertz CT molecular complexity index is 515. The minimum absolute atomic E-state index is 0.0584. The van der Waals surface area contributed by atoms with E-state index in [4.69, 9.17) is 0 Å². The first-order valence-electron chi connectivity index (χ1n) is 8.27. The van der Waals surface area contributed by atoms with Gasteiger partial charge in [0.2, 0.25) is 0 Å². The molecule has 0 spiro atoms. The van der Waals surface area contributed by atoms with Crippen molar-refractivity contribution in [3.05, 3.63) is 23.3 Å². The number of aromatic nitrogens is 2. The minimum atomic E-state index is -0.0584. The maximum absolute atomic E-state index is 12.3. The fourth-order valence-corrected chi connectivity index (χ4v) is 2.98. The van der Waals surface area contributed by atoms with Gasteiger partial charge in [-0.25, -0.2) is 9.97 Å². The number of nitrogens with one attached hydrogen (secondary N) is 1. The van der Waals surface area contributed by atoms with Gasteiger partial charge < -0.3 is 10.2 Å². The van der Waals surface area contributed by atoms with Gasteiger partial charge in [0.25, 0.3) is 5.91 Å². The van der Waals surface area contributed by atoms with Gasteiger partial charge in [-0.15, -0.1) is 0 Å². The van der Waals surface area contributed by atoms with Crippen molar-refractivity contribution in [2.24, 2.45) is 5.92 Å². The van der Waals surface area contributed by atoms with E-state index in [0.29, 0.717) is 11.5 Å². The molecule has 1 aliphatic heterocycles. The summed E-state index contributed by atoms with van der Waals surface area (Å²) in [5.41, 5.74) is 1.35. The number of piperidine rings is 1. The molecule has 1 amide bonds. The summed E-state index contributed by atoms with van der Waals surface area (Å²) in [6, 6.07) is 0. The highest BCUT2D eigenvalue weighted by Gasteiger charge is 2.18. The number of aryl methyl sites for hydroxylation is 1. The Morgan fingerprint density at radius 2 is 2.27 bits per heavy atom. The van der Waals surface area contributed by atoms with Crippen molar-refractivity contribution in [3.63, 3.8) is 0 Å². The van der Waals surface area contributed by atoms with Crippen LogP contribution in [0.4, 0.5) is 0 Å². The maximum atomic E-state index is 12.3. The number of hydrogen-bond acceptors (Lipinski definition) is 4. The molecule has 1 aromatic rings. The Morgan fingerprint density at radius 3 is 2.91 bits per heavy atom. The van der Waals surface area contributed by atoms with E-state index in [-0.39, 0.29) is 11.8 Å². The van der Waals surface area contributed by atoms with Gasteiger partial charge in [-0.3, -0.25) is 4.79 Å². The SMILES string of the molecule is Cc1nc(C(C)C)ncc1C(=O)NCCC1CCCN(C)C1. The molecule has 5 nitrogen and oxygen atoms in total. The molecule has 0 bridgehead atoms. The first-order chi connectivity index (χ1) is 10.5. The summed E-state index contributed by atoms with van der Waals surface area (Å²) in [7, 11) is 2.17. The number of rotatable bonds is 5. The van der Waals surface area contributed by atoms with Gasteiger partial charge in [-0.1, -0.05) is 13.8 Å². The molecule has 1 aromatic heterocycles. The zero-order chi connectivity index (χ0) is 16.1. The highest BCUT2D eigenvalue weighted by molar-refractivity contribution is 5.94. The second kappa shape index (κ2) is 7.68. The van der Waals surface area contributed by atoms with Gasteiger partial charge in [0.15, 0.2) is 0 Å². The smallest absolute Gasteiger partial charge is 0.254 e. The van der Waals surface area contributed by atoms with Crippen molar-refractivity contribution in [1.82, 2.24) is 20.2 Å². The lowest BCUT2D eigenvalue weighted by Gasteiger charge is -2.29. The molecule has 1 aliphatic rings. The monoisotopic (exact) mass is 304 g/mol. The Labute approximate surface area is 133 Å². The number of hydrogen-bond donors (Lipinski definition) is 1. The Balaban J connectivity index is 1.84. The van der Waals surface area contributed by atoms with Crippen molar-refractivity contribution < 1.29 is 4.79 Å². The zero-order valence-corrected chi connectivity index (χ0v) is 14.2. The van der Waals surface area contributed by atoms with E-state index in [1.54, 1.807) is 6.20 Å². The fraction of sp³-hybridized carbons (Fsp3) is 0.706. The molecule has 1 fully saturated rings. The van der Waals surface area contributed by atoms with Crippen LogP contribution in [0.2, 0.25) is 0 Å². The van der Waals surface area contributed by atoms with Crippen molar-refractivity contribution in [2.45, 2.75) is 46.0 Å². The highest BCUT2D eigenvalue weighted by atomic mass is 16.1. The molecular weight excluding hydrogens is 276 g/mol. The molecular formula is C17H28N4O.